The summed E-state index contributed by atoms with van der Waals surface area (Å²) in [6.07, 6.45) is 0.348. The fourth-order valence-corrected chi connectivity index (χ4v) is 2.93. The van der Waals surface area contributed by atoms with E-state index in [0.717, 1.165) is 3.57 Å². The smallest absolute Gasteiger partial charge is 0.258 e. The van der Waals surface area contributed by atoms with Gasteiger partial charge in [-0.1, -0.05) is 23.7 Å². The van der Waals surface area contributed by atoms with E-state index in [1.807, 2.05) is 18.2 Å². The van der Waals surface area contributed by atoms with Crippen LogP contribution in [0.15, 0.2) is 42.5 Å². The molecular formula is C16H11ClINO2. The van der Waals surface area contributed by atoms with Crippen LogP contribution in [0.2, 0.25) is 5.02 Å². The predicted molar refractivity (Wildman–Crippen MR) is 91.2 cm³/mol. The monoisotopic (exact) mass is 411 g/mol. The maximum atomic E-state index is 12.7. The van der Waals surface area contributed by atoms with E-state index in [2.05, 4.69) is 22.6 Å². The molecule has 3 nitrogen and oxygen atoms in total. The van der Waals surface area contributed by atoms with E-state index in [1.165, 1.54) is 0 Å². The third-order valence-corrected chi connectivity index (χ3v) is 5.04. The van der Waals surface area contributed by atoms with Crippen LogP contribution in [0.25, 0.3) is 0 Å². The number of fused-ring (bicyclic) bond motifs is 1. The number of hydrogen-bond donors (Lipinski definition) is 0. The van der Waals surface area contributed by atoms with Crippen molar-refractivity contribution in [1.29, 1.82) is 0 Å². The summed E-state index contributed by atoms with van der Waals surface area (Å²) in [5.74, 6) is -0.0523. The summed E-state index contributed by atoms with van der Waals surface area (Å²) in [4.78, 5) is 26.3. The Morgan fingerprint density at radius 3 is 2.71 bits per heavy atom. The van der Waals surface area contributed by atoms with Gasteiger partial charge in [0.1, 0.15) is 0 Å². The highest BCUT2D eigenvalue weighted by atomic mass is 127. The van der Waals surface area contributed by atoms with Gasteiger partial charge in [0.15, 0.2) is 5.78 Å². The molecule has 21 heavy (non-hydrogen) atoms. The van der Waals surface area contributed by atoms with Crippen LogP contribution >= 0.6 is 34.2 Å². The molecular weight excluding hydrogens is 401 g/mol. The first kappa shape index (κ1) is 14.5. The largest absolute Gasteiger partial charge is 0.307 e. The van der Waals surface area contributed by atoms with E-state index in [4.69, 9.17) is 11.6 Å². The first-order chi connectivity index (χ1) is 10.1. The SMILES string of the molecule is O=C1CCN(C(=O)c2ccc(I)c(Cl)c2)c2ccccc21. The van der Waals surface area contributed by atoms with Crippen molar-refractivity contribution >= 4 is 51.6 Å². The van der Waals surface area contributed by atoms with Crippen molar-refractivity contribution in [3.63, 3.8) is 0 Å². The highest BCUT2D eigenvalue weighted by molar-refractivity contribution is 14.1. The van der Waals surface area contributed by atoms with Gasteiger partial charge < -0.3 is 4.90 Å². The number of para-hydroxylation sites is 1. The zero-order valence-electron chi connectivity index (χ0n) is 11.0. The van der Waals surface area contributed by atoms with E-state index in [1.54, 1.807) is 29.2 Å². The van der Waals surface area contributed by atoms with Gasteiger partial charge in [0.25, 0.3) is 5.91 Å². The van der Waals surface area contributed by atoms with Crippen molar-refractivity contribution in [1.82, 2.24) is 0 Å². The van der Waals surface area contributed by atoms with Crippen molar-refractivity contribution in [2.24, 2.45) is 0 Å². The fourth-order valence-electron chi connectivity index (χ4n) is 2.41. The molecule has 1 heterocycles. The van der Waals surface area contributed by atoms with Crippen molar-refractivity contribution < 1.29 is 9.59 Å². The molecule has 0 N–H and O–H groups in total. The number of carbonyl (C=O) groups excluding carboxylic acids is 2. The Labute approximate surface area is 141 Å². The molecule has 0 fully saturated rings. The number of rotatable bonds is 1. The molecule has 0 bridgehead atoms. The molecule has 0 aliphatic carbocycles. The van der Waals surface area contributed by atoms with Crippen LogP contribution in [-0.2, 0) is 0 Å². The number of Topliss-reactive ketones (excluding diaryl/α,β-unsaturated/α-hetero) is 1. The number of halogens is 2. The predicted octanol–water partition coefficient (Wildman–Crippen LogP) is 4.18. The standard InChI is InChI=1S/C16H11ClINO2/c17-12-9-10(5-6-13(12)18)16(21)19-8-7-15(20)11-3-1-2-4-14(11)19/h1-6,9H,7-8H2. The maximum Gasteiger partial charge on any atom is 0.258 e. The Morgan fingerprint density at radius 1 is 1.19 bits per heavy atom. The molecule has 0 spiro atoms. The molecule has 106 valence electrons. The average molecular weight is 412 g/mol. The van der Waals surface area contributed by atoms with Gasteiger partial charge >= 0.3 is 0 Å². The van der Waals surface area contributed by atoms with E-state index in [-0.39, 0.29) is 11.7 Å². The van der Waals surface area contributed by atoms with Crippen LogP contribution in [0.5, 0.6) is 0 Å². The van der Waals surface area contributed by atoms with Gasteiger partial charge in [0.2, 0.25) is 0 Å². The third kappa shape index (κ3) is 2.70. The zero-order valence-corrected chi connectivity index (χ0v) is 13.9. The van der Waals surface area contributed by atoms with Crippen LogP contribution in [0.1, 0.15) is 27.1 Å². The summed E-state index contributed by atoms with van der Waals surface area (Å²) in [5.41, 5.74) is 1.81. The molecule has 0 radical (unpaired) electrons. The van der Waals surface area contributed by atoms with Gasteiger partial charge in [-0.25, -0.2) is 0 Å². The van der Waals surface area contributed by atoms with Crippen molar-refractivity contribution in [3.05, 3.63) is 62.2 Å². The molecule has 1 aliphatic heterocycles. The number of carbonyl (C=O) groups is 2. The Kier molecular flexibility index (Phi) is 3.99. The molecule has 2 aromatic carbocycles. The average Bonchev–Trinajstić information content (AvgIpc) is 2.50. The minimum atomic E-state index is -0.131. The highest BCUT2D eigenvalue weighted by Crippen LogP contribution is 2.29. The lowest BCUT2D eigenvalue weighted by Crippen LogP contribution is -2.37. The number of anilines is 1. The molecule has 1 amide bonds. The first-order valence-electron chi connectivity index (χ1n) is 6.47. The fraction of sp³-hybridized carbons (Fsp3) is 0.125. The highest BCUT2D eigenvalue weighted by Gasteiger charge is 2.27. The zero-order chi connectivity index (χ0) is 15.0. The van der Waals surface area contributed by atoms with Gasteiger partial charge in [-0.3, -0.25) is 9.59 Å². The Balaban J connectivity index is 2.01. The Hall–Kier alpha value is -1.40. The second kappa shape index (κ2) is 5.77. The van der Waals surface area contributed by atoms with Gasteiger partial charge in [0, 0.05) is 27.7 Å². The third-order valence-electron chi connectivity index (χ3n) is 3.47. The summed E-state index contributed by atoms with van der Waals surface area (Å²) in [5, 5.41) is 0.558. The lowest BCUT2D eigenvalue weighted by Gasteiger charge is -2.28. The second-order valence-electron chi connectivity index (χ2n) is 4.78. The van der Waals surface area contributed by atoms with E-state index in [0.29, 0.717) is 34.8 Å². The van der Waals surface area contributed by atoms with Gasteiger partial charge in [-0.15, -0.1) is 0 Å². The van der Waals surface area contributed by atoms with Crippen LogP contribution in [0.4, 0.5) is 5.69 Å². The van der Waals surface area contributed by atoms with E-state index < -0.39 is 0 Å². The number of benzene rings is 2. The summed E-state index contributed by atoms with van der Waals surface area (Å²) >= 11 is 8.21. The molecule has 1 aliphatic rings. The van der Waals surface area contributed by atoms with Crippen LogP contribution in [0.3, 0.4) is 0 Å². The summed E-state index contributed by atoms with van der Waals surface area (Å²) in [6, 6.07) is 12.5. The lowest BCUT2D eigenvalue weighted by atomic mass is 9.99. The van der Waals surface area contributed by atoms with Gasteiger partial charge in [0.05, 0.1) is 10.7 Å². The second-order valence-corrected chi connectivity index (χ2v) is 6.35. The number of amides is 1. The van der Waals surface area contributed by atoms with Gasteiger partial charge in [-0.05, 0) is 52.9 Å². The van der Waals surface area contributed by atoms with Crippen LogP contribution in [-0.4, -0.2) is 18.2 Å². The summed E-state index contributed by atoms with van der Waals surface area (Å²) in [6.45, 7) is 0.401. The molecule has 0 aromatic heterocycles. The van der Waals surface area contributed by atoms with E-state index >= 15 is 0 Å². The number of hydrogen-bond acceptors (Lipinski definition) is 2. The molecule has 0 unspecified atom stereocenters. The van der Waals surface area contributed by atoms with Crippen LogP contribution in [0, 0.1) is 3.57 Å². The van der Waals surface area contributed by atoms with Crippen molar-refractivity contribution in [2.45, 2.75) is 6.42 Å². The summed E-state index contributed by atoms with van der Waals surface area (Å²) in [7, 11) is 0. The normalized spacial score (nSPS) is 14.0. The Morgan fingerprint density at radius 2 is 1.95 bits per heavy atom. The first-order valence-corrected chi connectivity index (χ1v) is 7.93. The molecule has 5 heteroatoms. The molecule has 0 saturated heterocycles. The van der Waals surface area contributed by atoms with Crippen molar-refractivity contribution in [3.8, 4) is 0 Å². The topological polar surface area (TPSA) is 37.4 Å². The quantitative estimate of drug-likeness (QED) is 0.660. The Bertz CT molecular complexity index is 745. The van der Waals surface area contributed by atoms with Crippen molar-refractivity contribution in [2.75, 3.05) is 11.4 Å². The van der Waals surface area contributed by atoms with Gasteiger partial charge in [-0.2, -0.15) is 0 Å². The number of ketones is 1. The molecule has 3 rings (SSSR count). The maximum absolute atomic E-state index is 12.7. The molecule has 0 saturated carbocycles. The minimum absolute atomic E-state index is 0.0790. The lowest BCUT2D eigenvalue weighted by molar-refractivity contribution is 0.0955. The minimum Gasteiger partial charge on any atom is -0.307 e. The molecule has 0 atom stereocenters. The number of nitrogens with zero attached hydrogens (tertiary/aromatic N) is 1. The molecule has 2 aromatic rings. The van der Waals surface area contributed by atoms with E-state index in [9.17, 15) is 9.59 Å². The van der Waals surface area contributed by atoms with Crippen LogP contribution < -0.4 is 4.90 Å². The summed E-state index contributed by atoms with van der Waals surface area (Å²) < 4.78 is 0.903.